The number of Topliss-reactive ketones (excluding diaryl/α,β-unsaturated/α-hetero) is 1. The van der Waals surface area contributed by atoms with Crippen molar-refractivity contribution in [1.82, 2.24) is 0 Å². The first kappa shape index (κ1) is 11.3. The molecule has 2 rings (SSSR count). The summed E-state index contributed by atoms with van der Waals surface area (Å²) in [6.07, 6.45) is 7.09. The minimum Gasteiger partial charge on any atom is -0.298 e. The van der Waals surface area contributed by atoms with E-state index in [-0.39, 0.29) is 11.0 Å². The van der Waals surface area contributed by atoms with Crippen molar-refractivity contribution in [3.8, 4) is 0 Å². The van der Waals surface area contributed by atoms with Crippen LogP contribution in [0.3, 0.4) is 0 Å². The van der Waals surface area contributed by atoms with E-state index in [0.717, 1.165) is 25.7 Å². The van der Waals surface area contributed by atoms with Crippen molar-refractivity contribution >= 4 is 16.6 Å². The Morgan fingerprint density at radius 3 is 2.60 bits per heavy atom. The van der Waals surface area contributed by atoms with Gasteiger partial charge >= 0.3 is 0 Å². The van der Waals surface area contributed by atoms with Gasteiger partial charge in [-0.1, -0.05) is 19.8 Å². The maximum absolute atomic E-state index is 12.2. The lowest BCUT2D eigenvalue weighted by molar-refractivity contribution is -0.117. The highest BCUT2D eigenvalue weighted by Gasteiger charge is 2.35. The molecule has 0 amide bonds. The summed E-state index contributed by atoms with van der Waals surface area (Å²) < 4.78 is 12.2. The second-order valence-corrected chi connectivity index (χ2v) is 6.96. The molecule has 3 heteroatoms. The third kappa shape index (κ3) is 2.49. The van der Waals surface area contributed by atoms with Crippen molar-refractivity contribution in [3.63, 3.8) is 0 Å². The third-order valence-electron chi connectivity index (χ3n) is 3.75. The van der Waals surface area contributed by atoms with E-state index in [9.17, 15) is 9.00 Å². The van der Waals surface area contributed by atoms with E-state index in [1.54, 1.807) is 0 Å². The zero-order valence-electron chi connectivity index (χ0n) is 9.41. The second kappa shape index (κ2) is 4.77. The zero-order valence-corrected chi connectivity index (χ0v) is 10.2. The minimum absolute atomic E-state index is 0.111. The summed E-state index contributed by atoms with van der Waals surface area (Å²) in [6, 6.07) is 0. The SMILES string of the molecule is CC1CCCC(S(=O)C2CCCC2=O)C1. The molecule has 0 spiro atoms. The monoisotopic (exact) mass is 228 g/mol. The van der Waals surface area contributed by atoms with E-state index in [1.807, 2.05) is 0 Å². The van der Waals surface area contributed by atoms with Crippen molar-refractivity contribution in [3.05, 3.63) is 0 Å². The number of carbonyl (C=O) groups excluding carboxylic acids is 1. The quantitative estimate of drug-likeness (QED) is 0.727. The first-order valence-corrected chi connectivity index (χ1v) is 7.38. The molecule has 0 aromatic rings. The van der Waals surface area contributed by atoms with Crippen LogP contribution >= 0.6 is 0 Å². The number of hydrogen-bond acceptors (Lipinski definition) is 2. The van der Waals surface area contributed by atoms with Gasteiger partial charge < -0.3 is 0 Å². The zero-order chi connectivity index (χ0) is 10.8. The molecule has 2 aliphatic rings. The van der Waals surface area contributed by atoms with Gasteiger partial charge in [-0.3, -0.25) is 9.00 Å². The fraction of sp³-hybridized carbons (Fsp3) is 0.917. The van der Waals surface area contributed by atoms with E-state index in [4.69, 9.17) is 0 Å². The maximum atomic E-state index is 12.2. The van der Waals surface area contributed by atoms with Crippen LogP contribution in [0.5, 0.6) is 0 Å². The number of rotatable bonds is 2. The van der Waals surface area contributed by atoms with Gasteiger partial charge in [-0.15, -0.1) is 0 Å². The maximum Gasteiger partial charge on any atom is 0.148 e. The summed E-state index contributed by atoms with van der Waals surface area (Å²) >= 11 is 0. The van der Waals surface area contributed by atoms with Gasteiger partial charge in [0.1, 0.15) is 5.78 Å². The summed E-state index contributed by atoms with van der Waals surface area (Å²) in [4.78, 5) is 11.5. The average Bonchev–Trinajstić information content (AvgIpc) is 2.63. The molecule has 0 saturated heterocycles. The Hall–Kier alpha value is -0.180. The Kier molecular flexibility index (Phi) is 3.60. The Morgan fingerprint density at radius 1 is 1.20 bits per heavy atom. The molecule has 4 atom stereocenters. The van der Waals surface area contributed by atoms with Crippen LogP contribution in [-0.2, 0) is 15.6 Å². The molecule has 0 aromatic carbocycles. The molecule has 2 aliphatic carbocycles. The summed E-state index contributed by atoms with van der Waals surface area (Å²) in [5.74, 6) is 0.954. The molecule has 2 fully saturated rings. The molecular formula is C12H20O2S. The predicted molar refractivity (Wildman–Crippen MR) is 62.2 cm³/mol. The van der Waals surface area contributed by atoms with E-state index in [2.05, 4.69) is 6.92 Å². The van der Waals surface area contributed by atoms with Crippen molar-refractivity contribution in [2.45, 2.75) is 62.4 Å². The van der Waals surface area contributed by atoms with Crippen LogP contribution in [0.2, 0.25) is 0 Å². The van der Waals surface area contributed by atoms with Gasteiger partial charge in [-0.25, -0.2) is 0 Å². The smallest absolute Gasteiger partial charge is 0.148 e. The van der Waals surface area contributed by atoms with Crippen LogP contribution in [0.25, 0.3) is 0 Å². The first-order chi connectivity index (χ1) is 7.18. The third-order valence-corrected chi connectivity index (χ3v) is 5.89. The average molecular weight is 228 g/mol. The van der Waals surface area contributed by atoms with Gasteiger partial charge in [-0.2, -0.15) is 0 Å². The second-order valence-electron chi connectivity index (χ2n) is 5.07. The molecule has 0 bridgehead atoms. The van der Waals surface area contributed by atoms with E-state index in [0.29, 0.717) is 17.6 Å². The van der Waals surface area contributed by atoms with Gasteiger partial charge in [-0.05, 0) is 31.6 Å². The fourth-order valence-electron chi connectivity index (χ4n) is 2.85. The molecule has 2 saturated carbocycles. The number of ketones is 1. The largest absolute Gasteiger partial charge is 0.298 e. The summed E-state index contributed by atoms with van der Waals surface area (Å²) in [7, 11) is -0.882. The van der Waals surface area contributed by atoms with Crippen LogP contribution < -0.4 is 0 Å². The molecule has 86 valence electrons. The van der Waals surface area contributed by atoms with E-state index >= 15 is 0 Å². The van der Waals surface area contributed by atoms with E-state index < -0.39 is 10.8 Å². The summed E-state index contributed by atoms with van der Waals surface area (Å²) in [5, 5.41) is 0.195. The highest BCUT2D eigenvalue weighted by atomic mass is 32.2. The topological polar surface area (TPSA) is 34.1 Å². The Balaban J connectivity index is 1.97. The van der Waals surface area contributed by atoms with Crippen LogP contribution in [0.4, 0.5) is 0 Å². The van der Waals surface area contributed by atoms with Gasteiger partial charge in [0.15, 0.2) is 0 Å². The van der Waals surface area contributed by atoms with Crippen LogP contribution in [0.15, 0.2) is 0 Å². The Labute approximate surface area is 94.3 Å². The molecule has 0 N–H and O–H groups in total. The number of hydrogen-bond donors (Lipinski definition) is 0. The first-order valence-electron chi connectivity index (χ1n) is 6.10. The normalized spacial score (nSPS) is 39.3. The van der Waals surface area contributed by atoms with Crippen LogP contribution in [0, 0.1) is 5.92 Å². The lowest BCUT2D eigenvalue weighted by Gasteiger charge is -2.27. The lowest BCUT2D eigenvalue weighted by Crippen LogP contribution is -2.32. The Bertz CT molecular complexity index is 275. The van der Waals surface area contributed by atoms with Crippen LogP contribution in [0.1, 0.15) is 51.9 Å². The van der Waals surface area contributed by atoms with Gasteiger partial charge in [0.05, 0.1) is 5.25 Å². The Morgan fingerprint density at radius 2 is 2.00 bits per heavy atom. The van der Waals surface area contributed by atoms with Crippen molar-refractivity contribution in [2.75, 3.05) is 0 Å². The van der Waals surface area contributed by atoms with Crippen molar-refractivity contribution in [2.24, 2.45) is 5.92 Å². The van der Waals surface area contributed by atoms with Gasteiger partial charge in [0, 0.05) is 22.5 Å². The lowest BCUT2D eigenvalue weighted by atomic mass is 9.91. The molecule has 0 aromatic heterocycles. The highest BCUT2D eigenvalue weighted by molar-refractivity contribution is 7.87. The fourth-order valence-corrected chi connectivity index (χ4v) is 5.01. The predicted octanol–water partition coefficient (Wildman–Crippen LogP) is 2.44. The van der Waals surface area contributed by atoms with Crippen molar-refractivity contribution in [1.29, 1.82) is 0 Å². The molecular weight excluding hydrogens is 208 g/mol. The molecule has 0 radical (unpaired) electrons. The van der Waals surface area contributed by atoms with Gasteiger partial charge in [0.2, 0.25) is 0 Å². The highest BCUT2D eigenvalue weighted by Crippen LogP contribution is 2.31. The number of carbonyl (C=O) groups is 1. The standard InChI is InChI=1S/C12H20O2S/c1-9-4-2-5-10(8-9)15(14)12-7-3-6-11(12)13/h9-10,12H,2-8H2,1H3. The minimum atomic E-state index is -0.882. The molecule has 0 heterocycles. The molecule has 15 heavy (non-hydrogen) atoms. The summed E-state index contributed by atoms with van der Waals surface area (Å²) in [6.45, 7) is 2.24. The van der Waals surface area contributed by atoms with Gasteiger partial charge in [0.25, 0.3) is 0 Å². The summed E-state index contributed by atoms with van der Waals surface area (Å²) in [5.41, 5.74) is 0. The van der Waals surface area contributed by atoms with Crippen LogP contribution in [-0.4, -0.2) is 20.5 Å². The van der Waals surface area contributed by atoms with Crippen molar-refractivity contribution < 1.29 is 9.00 Å². The molecule has 2 nitrogen and oxygen atoms in total. The molecule has 0 aliphatic heterocycles. The molecule has 4 unspecified atom stereocenters. The van der Waals surface area contributed by atoms with E-state index in [1.165, 1.54) is 12.8 Å².